The van der Waals surface area contributed by atoms with Crippen molar-refractivity contribution in [3.63, 3.8) is 0 Å². The van der Waals surface area contributed by atoms with Crippen molar-refractivity contribution < 1.29 is 26.4 Å². The van der Waals surface area contributed by atoms with Crippen LogP contribution in [0.4, 0.5) is 22.0 Å². The lowest BCUT2D eigenvalue weighted by molar-refractivity contribution is 0.283. The second-order valence-electron chi connectivity index (χ2n) is 7.47. The van der Waals surface area contributed by atoms with Gasteiger partial charge in [0.25, 0.3) is 0 Å². The maximum atomic E-state index is 13.5. The van der Waals surface area contributed by atoms with Crippen LogP contribution in [0.5, 0.6) is 0 Å². The molecule has 1 rings (SSSR count). The Kier molecular flexibility index (Phi) is 7.37. The summed E-state index contributed by atoms with van der Waals surface area (Å²) in [5.41, 5.74) is -0.815. The van der Waals surface area contributed by atoms with Crippen LogP contribution >= 0.6 is 0 Å². The van der Waals surface area contributed by atoms with E-state index in [1.54, 1.807) is 6.08 Å². The molecule has 1 aromatic carbocycles. The molecule has 142 valence electrons. The summed E-state index contributed by atoms with van der Waals surface area (Å²) >= 11 is 0. The minimum absolute atomic E-state index is 0.120. The molecule has 0 spiro atoms. The summed E-state index contributed by atoms with van der Waals surface area (Å²) in [5.74, 6) is -9.51. The number of allylic oxidation sites excluding steroid dienone is 2. The Morgan fingerprint density at radius 3 is 1.80 bits per heavy atom. The predicted octanol–water partition coefficient (Wildman–Crippen LogP) is 6.28. The summed E-state index contributed by atoms with van der Waals surface area (Å²) in [4.78, 5) is 0. The highest BCUT2D eigenvalue weighted by Crippen LogP contribution is 2.36. The van der Waals surface area contributed by atoms with Crippen LogP contribution in [0.25, 0.3) is 0 Å². The molecular formula is C18H25F5OSi. The molecule has 25 heavy (non-hydrogen) atoms. The smallest absolute Gasteiger partial charge is 0.200 e. The fourth-order valence-corrected chi connectivity index (χ4v) is 2.98. The Morgan fingerprint density at radius 1 is 0.840 bits per heavy atom. The van der Waals surface area contributed by atoms with Gasteiger partial charge in [-0.2, -0.15) is 0 Å². The third kappa shape index (κ3) is 5.38. The molecule has 0 aliphatic rings. The number of benzene rings is 1. The van der Waals surface area contributed by atoms with Crippen LogP contribution in [0.1, 0.15) is 39.2 Å². The molecule has 0 saturated carbocycles. The van der Waals surface area contributed by atoms with Crippen molar-refractivity contribution in [3.8, 4) is 0 Å². The van der Waals surface area contributed by atoms with Gasteiger partial charge in [0.1, 0.15) is 0 Å². The molecule has 0 N–H and O–H groups in total. The molecule has 0 atom stereocenters. The monoisotopic (exact) mass is 380 g/mol. The fourth-order valence-electron chi connectivity index (χ4n) is 1.89. The van der Waals surface area contributed by atoms with Crippen LogP contribution in [0.3, 0.4) is 0 Å². The third-order valence-electron chi connectivity index (χ3n) is 4.57. The number of halogens is 5. The number of hydrogen-bond acceptors (Lipinski definition) is 1. The first-order valence-corrected chi connectivity index (χ1v) is 11.1. The van der Waals surface area contributed by atoms with E-state index in [1.165, 1.54) is 6.08 Å². The Balaban J connectivity index is 2.53. The number of hydrogen-bond donors (Lipinski definition) is 0. The second-order valence-corrected chi connectivity index (χ2v) is 12.3. The van der Waals surface area contributed by atoms with Crippen LogP contribution in [0.15, 0.2) is 12.2 Å². The van der Waals surface area contributed by atoms with Crippen LogP contribution < -0.4 is 0 Å². The zero-order chi connectivity index (χ0) is 19.4. The van der Waals surface area contributed by atoms with Crippen molar-refractivity contribution in [2.45, 2.75) is 58.2 Å². The Morgan fingerprint density at radius 2 is 1.32 bits per heavy atom. The van der Waals surface area contributed by atoms with E-state index in [1.807, 2.05) is 0 Å². The van der Waals surface area contributed by atoms with Gasteiger partial charge in [-0.15, -0.1) is 0 Å². The molecule has 0 bridgehead atoms. The van der Waals surface area contributed by atoms with Gasteiger partial charge in [0.05, 0.1) is 0 Å². The molecular weight excluding hydrogens is 355 g/mol. The van der Waals surface area contributed by atoms with Crippen LogP contribution in [-0.2, 0) is 10.8 Å². The quantitative estimate of drug-likeness (QED) is 0.135. The molecule has 0 amide bonds. The van der Waals surface area contributed by atoms with Crippen molar-refractivity contribution in [1.29, 1.82) is 0 Å². The average Bonchev–Trinajstić information content (AvgIpc) is 2.51. The maximum Gasteiger partial charge on any atom is 0.200 e. The lowest BCUT2D eigenvalue weighted by Crippen LogP contribution is -2.40. The van der Waals surface area contributed by atoms with Crippen molar-refractivity contribution in [1.82, 2.24) is 0 Å². The summed E-state index contributed by atoms with van der Waals surface area (Å²) in [5, 5.41) is 0.120. The molecule has 0 aliphatic carbocycles. The topological polar surface area (TPSA) is 9.23 Å². The van der Waals surface area contributed by atoms with Crippen molar-refractivity contribution in [3.05, 3.63) is 46.8 Å². The molecule has 0 unspecified atom stereocenters. The van der Waals surface area contributed by atoms with Crippen LogP contribution in [0.2, 0.25) is 18.1 Å². The van der Waals surface area contributed by atoms with E-state index in [4.69, 9.17) is 4.43 Å². The minimum atomic E-state index is -2.13. The van der Waals surface area contributed by atoms with Gasteiger partial charge in [0.2, 0.25) is 5.82 Å². The lowest BCUT2D eigenvalue weighted by atomic mass is 10.1. The number of rotatable bonds is 7. The van der Waals surface area contributed by atoms with Crippen LogP contribution in [-0.4, -0.2) is 14.9 Å². The summed E-state index contributed by atoms with van der Waals surface area (Å²) in [6.07, 6.45) is 4.04. The van der Waals surface area contributed by atoms with Crippen LogP contribution in [0, 0.1) is 29.1 Å². The highest BCUT2D eigenvalue weighted by Gasteiger charge is 2.36. The Hall–Kier alpha value is -1.21. The molecule has 0 radical (unpaired) electrons. The standard InChI is InChI=1S/C18H25F5OSi/c1-18(2,3)25(4,5)24-11-9-7-6-8-10-12-13(19)15(21)17(23)16(22)14(12)20/h6,8H,7,9-11H2,1-5H3/b8-6+. The highest BCUT2D eigenvalue weighted by molar-refractivity contribution is 6.74. The van der Waals surface area contributed by atoms with Gasteiger partial charge in [-0.3, -0.25) is 0 Å². The van der Waals surface area contributed by atoms with E-state index >= 15 is 0 Å². The number of unbranched alkanes of at least 4 members (excludes halogenated alkanes) is 1. The fraction of sp³-hybridized carbons (Fsp3) is 0.556. The van der Waals surface area contributed by atoms with E-state index in [-0.39, 0.29) is 11.5 Å². The molecule has 1 aromatic rings. The largest absolute Gasteiger partial charge is 0.417 e. The van der Waals surface area contributed by atoms with Gasteiger partial charge < -0.3 is 4.43 Å². The maximum absolute atomic E-state index is 13.5. The van der Waals surface area contributed by atoms with E-state index in [0.29, 0.717) is 13.0 Å². The first kappa shape index (κ1) is 21.8. The lowest BCUT2D eigenvalue weighted by Gasteiger charge is -2.36. The molecule has 0 aromatic heterocycles. The van der Waals surface area contributed by atoms with Crippen molar-refractivity contribution in [2.75, 3.05) is 6.61 Å². The molecule has 0 fully saturated rings. The summed E-state index contributed by atoms with van der Waals surface area (Å²) in [7, 11) is -1.80. The predicted molar refractivity (Wildman–Crippen MR) is 91.5 cm³/mol. The van der Waals surface area contributed by atoms with Gasteiger partial charge >= 0.3 is 0 Å². The Bertz CT molecular complexity index is 606. The van der Waals surface area contributed by atoms with Gasteiger partial charge in [-0.25, -0.2) is 22.0 Å². The summed E-state index contributed by atoms with van der Waals surface area (Å²) in [6, 6.07) is 0. The Labute approximate surface area is 147 Å². The molecule has 0 aliphatic heterocycles. The summed E-state index contributed by atoms with van der Waals surface area (Å²) < 4.78 is 72.1. The molecule has 1 nitrogen and oxygen atoms in total. The summed E-state index contributed by atoms with van der Waals surface area (Å²) in [6.45, 7) is 11.3. The zero-order valence-electron chi connectivity index (χ0n) is 15.3. The SMILES string of the molecule is CC(C)(C)[Si](C)(C)OCCC/C=C/Cc1c(F)c(F)c(F)c(F)c1F. The molecule has 0 saturated heterocycles. The normalized spacial score (nSPS) is 13.0. The van der Waals surface area contributed by atoms with Gasteiger partial charge in [0, 0.05) is 12.2 Å². The second kappa shape index (κ2) is 8.45. The van der Waals surface area contributed by atoms with Gasteiger partial charge in [-0.1, -0.05) is 32.9 Å². The van der Waals surface area contributed by atoms with Gasteiger partial charge in [0.15, 0.2) is 31.6 Å². The van der Waals surface area contributed by atoms with E-state index in [0.717, 1.165) is 6.42 Å². The highest BCUT2D eigenvalue weighted by atomic mass is 28.4. The minimum Gasteiger partial charge on any atom is -0.417 e. The van der Waals surface area contributed by atoms with E-state index < -0.39 is 43.0 Å². The van der Waals surface area contributed by atoms with Gasteiger partial charge in [-0.05, 0) is 37.4 Å². The first-order chi connectivity index (χ1) is 11.4. The van der Waals surface area contributed by atoms with Crippen molar-refractivity contribution >= 4 is 8.32 Å². The van der Waals surface area contributed by atoms with E-state index in [9.17, 15) is 22.0 Å². The first-order valence-electron chi connectivity index (χ1n) is 8.19. The average molecular weight is 380 g/mol. The molecule has 0 heterocycles. The third-order valence-corrected chi connectivity index (χ3v) is 9.11. The van der Waals surface area contributed by atoms with E-state index in [2.05, 4.69) is 33.9 Å². The van der Waals surface area contributed by atoms with Crippen molar-refractivity contribution in [2.24, 2.45) is 0 Å². The zero-order valence-corrected chi connectivity index (χ0v) is 16.3. The molecule has 7 heteroatoms.